The third-order valence-corrected chi connectivity index (χ3v) is 4.57. The molecule has 2 aromatic rings. The summed E-state index contributed by atoms with van der Waals surface area (Å²) >= 11 is 0. The lowest BCUT2D eigenvalue weighted by atomic mass is 9.98. The molecule has 0 bridgehead atoms. The average molecular weight is 287 g/mol. The summed E-state index contributed by atoms with van der Waals surface area (Å²) in [5.41, 5.74) is 8.96. The van der Waals surface area contributed by atoms with Crippen LogP contribution >= 0.6 is 0 Å². The van der Waals surface area contributed by atoms with Gasteiger partial charge in [0.15, 0.2) is 11.4 Å². The van der Waals surface area contributed by atoms with Gasteiger partial charge in [0.1, 0.15) is 11.3 Å². The van der Waals surface area contributed by atoms with Crippen LogP contribution in [0.2, 0.25) is 0 Å². The van der Waals surface area contributed by atoms with E-state index in [0.29, 0.717) is 12.0 Å². The lowest BCUT2D eigenvalue weighted by Crippen LogP contribution is -2.50. The summed E-state index contributed by atoms with van der Waals surface area (Å²) in [5, 5.41) is 3.40. The zero-order valence-corrected chi connectivity index (χ0v) is 12.4. The fourth-order valence-corrected chi connectivity index (χ4v) is 3.47. The molecule has 1 aliphatic heterocycles. The number of nitrogens with one attached hydrogen (secondary N) is 1. The smallest absolute Gasteiger partial charge is 0.222 e. The average Bonchev–Trinajstić information content (AvgIpc) is 2.86. The number of fused-ring (bicyclic) bond motifs is 3. The highest BCUT2D eigenvalue weighted by molar-refractivity contribution is 5.89. The number of anilines is 2. The molecule has 0 saturated carbocycles. The molecule has 6 heteroatoms. The number of aryl methyl sites for hydroxylation is 2. The molecule has 21 heavy (non-hydrogen) atoms. The quantitative estimate of drug-likeness (QED) is 0.827. The summed E-state index contributed by atoms with van der Waals surface area (Å²) in [6.07, 6.45) is 4.43. The van der Waals surface area contributed by atoms with Crippen LogP contribution in [0, 0.1) is 0 Å². The van der Waals surface area contributed by atoms with Crippen LogP contribution in [0.3, 0.4) is 0 Å². The molecule has 4 rings (SSSR count). The molecule has 2 aromatic heterocycles. The third-order valence-electron chi connectivity index (χ3n) is 4.57. The number of furan rings is 1. The second-order valence-electron chi connectivity index (χ2n) is 6.04. The van der Waals surface area contributed by atoms with Gasteiger partial charge in [-0.05, 0) is 26.2 Å². The monoisotopic (exact) mass is 287 g/mol. The van der Waals surface area contributed by atoms with Crippen LogP contribution in [0.1, 0.15) is 31.1 Å². The van der Waals surface area contributed by atoms with Crippen molar-refractivity contribution in [2.75, 3.05) is 30.3 Å². The number of nitrogens with zero attached hydrogens (tertiary/aromatic N) is 3. The van der Waals surface area contributed by atoms with E-state index in [1.807, 2.05) is 0 Å². The van der Waals surface area contributed by atoms with E-state index in [9.17, 15) is 0 Å². The molecule has 0 unspecified atom stereocenters. The Morgan fingerprint density at radius 3 is 3.00 bits per heavy atom. The number of hydrogen-bond donors (Lipinski definition) is 2. The Labute approximate surface area is 123 Å². The predicted octanol–water partition coefficient (Wildman–Crippen LogP) is 1.48. The van der Waals surface area contributed by atoms with Gasteiger partial charge in [-0.15, -0.1) is 0 Å². The minimum absolute atomic E-state index is 0.345. The molecule has 1 atom stereocenters. The van der Waals surface area contributed by atoms with Crippen LogP contribution in [0.25, 0.3) is 11.1 Å². The molecule has 0 radical (unpaired) electrons. The van der Waals surface area contributed by atoms with E-state index >= 15 is 0 Å². The first kappa shape index (κ1) is 12.9. The second kappa shape index (κ2) is 4.87. The maximum atomic E-state index is 6.14. The summed E-state index contributed by atoms with van der Waals surface area (Å²) in [5.74, 6) is 2.29. The van der Waals surface area contributed by atoms with Gasteiger partial charge in [-0.2, -0.15) is 4.98 Å². The largest absolute Gasteiger partial charge is 0.455 e. The molecular weight excluding hydrogens is 266 g/mol. The number of nitrogen functional groups attached to an aromatic ring is 1. The molecule has 3 heterocycles. The normalized spacial score (nSPS) is 22.5. The van der Waals surface area contributed by atoms with Crippen LogP contribution in [-0.2, 0) is 12.8 Å². The molecule has 112 valence electrons. The van der Waals surface area contributed by atoms with Gasteiger partial charge in [-0.3, -0.25) is 0 Å². The first-order chi connectivity index (χ1) is 10.2. The number of hydrogen-bond acceptors (Lipinski definition) is 6. The molecule has 0 spiro atoms. The summed E-state index contributed by atoms with van der Waals surface area (Å²) in [6.45, 7) is 5.01. The maximum Gasteiger partial charge on any atom is 0.222 e. The van der Waals surface area contributed by atoms with E-state index < -0.39 is 0 Å². The zero-order valence-electron chi connectivity index (χ0n) is 12.4. The van der Waals surface area contributed by atoms with E-state index in [4.69, 9.17) is 10.2 Å². The van der Waals surface area contributed by atoms with Crippen molar-refractivity contribution < 1.29 is 4.42 Å². The zero-order chi connectivity index (χ0) is 14.4. The number of rotatable bonds is 1. The van der Waals surface area contributed by atoms with Crippen LogP contribution in [0.15, 0.2) is 4.42 Å². The summed E-state index contributed by atoms with van der Waals surface area (Å²) in [7, 11) is 0. The van der Waals surface area contributed by atoms with Crippen LogP contribution in [-0.4, -0.2) is 35.6 Å². The lowest BCUT2D eigenvalue weighted by Gasteiger charge is -2.34. The van der Waals surface area contributed by atoms with Gasteiger partial charge in [0.25, 0.3) is 0 Å². The van der Waals surface area contributed by atoms with Crippen molar-refractivity contribution in [1.29, 1.82) is 0 Å². The van der Waals surface area contributed by atoms with E-state index in [2.05, 4.69) is 27.1 Å². The van der Waals surface area contributed by atoms with E-state index in [1.54, 1.807) is 0 Å². The van der Waals surface area contributed by atoms with Crippen molar-refractivity contribution in [2.45, 2.75) is 38.6 Å². The molecule has 6 nitrogen and oxygen atoms in total. The number of nitrogens with two attached hydrogens (primary N) is 1. The highest BCUT2D eigenvalue weighted by Gasteiger charge is 2.27. The van der Waals surface area contributed by atoms with E-state index in [-0.39, 0.29) is 0 Å². The van der Waals surface area contributed by atoms with Gasteiger partial charge < -0.3 is 20.4 Å². The minimum Gasteiger partial charge on any atom is -0.455 e. The Hall–Kier alpha value is -1.82. The first-order valence-electron chi connectivity index (χ1n) is 7.79. The van der Waals surface area contributed by atoms with Crippen LogP contribution < -0.4 is 16.0 Å². The minimum atomic E-state index is 0.345. The molecule has 1 fully saturated rings. The first-order valence-corrected chi connectivity index (χ1v) is 7.79. The standard InChI is InChI=1S/C15H21N5O/c1-9-8-17-6-7-20(9)14-13-12(18-15(16)19-14)10-4-2-3-5-11(10)21-13/h9,17H,2-8H2,1H3,(H2,16,18,19)/t9-/m0/s1. The second-order valence-corrected chi connectivity index (χ2v) is 6.04. The summed E-state index contributed by atoms with van der Waals surface area (Å²) in [6, 6.07) is 0.373. The van der Waals surface area contributed by atoms with Crippen molar-refractivity contribution in [1.82, 2.24) is 15.3 Å². The number of aromatic nitrogens is 2. The van der Waals surface area contributed by atoms with Crippen molar-refractivity contribution in [2.24, 2.45) is 0 Å². The SMILES string of the molecule is C[C@H]1CNCCN1c1nc(N)nc2c3c(oc12)CCCC3. The number of piperazine rings is 1. The van der Waals surface area contributed by atoms with Gasteiger partial charge in [-0.1, -0.05) is 0 Å². The van der Waals surface area contributed by atoms with Gasteiger partial charge >= 0.3 is 0 Å². The lowest BCUT2D eigenvalue weighted by molar-refractivity contribution is 0.485. The fourth-order valence-electron chi connectivity index (χ4n) is 3.47. The van der Waals surface area contributed by atoms with Crippen molar-refractivity contribution in [3.8, 4) is 0 Å². The van der Waals surface area contributed by atoms with Gasteiger partial charge in [0.05, 0.1) is 0 Å². The van der Waals surface area contributed by atoms with Gasteiger partial charge in [0.2, 0.25) is 5.95 Å². The van der Waals surface area contributed by atoms with E-state index in [0.717, 1.165) is 55.2 Å². The third kappa shape index (κ3) is 2.05. The molecular formula is C15H21N5O. The van der Waals surface area contributed by atoms with Crippen LogP contribution in [0.4, 0.5) is 11.8 Å². The van der Waals surface area contributed by atoms with Crippen molar-refractivity contribution in [3.05, 3.63) is 11.3 Å². The van der Waals surface area contributed by atoms with Gasteiger partial charge in [-0.25, -0.2) is 4.98 Å². The van der Waals surface area contributed by atoms with Crippen molar-refractivity contribution in [3.63, 3.8) is 0 Å². The molecule has 3 N–H and O–H groups in total. The molecule has 1 aliphatic carbocycles. The highest BCUT2D eigenvalue weighted by Crippen LogP contribution is 2.36. The van der Waals surface area contributed by atoms with Crippen LogP contribution in [0.5, 0.6) is 0 Å². The highest BCUT2D eigenvalue weighted by atomic mass is 16.3. The molecule has 0 amide bonds. The Morgan fingerprint density at radius 2 is 2.14 bits per heavy atom. The Bertz CT molecular complexity index is 680. The van der Waals surface area contributed by atoms with Crippen molar-refractivity contribution >= 4 is 22.9 Å². The van der Waals surface area contributed by atoms with Gasteiger partial charge in [0, 0.05) is 37.7 Å². The summed E-state index contributed by atoms with van der Waals surface area (Å²) in [4.78, 5) is 11.2. The Balaban J connectivity index is 1.89. The topological polar surface area (TPSA) is 80.2 Å². The Kier molecular flexibility index (Phi) is 2.99. The van der Waals surface area contributed by atoms with E-state index in [1.165, 1.54) is 18.4 Å². The molecule has 2 aliphatic rings. The molecule has 0 aromatic carbocycles. The maximum absolute atomic E-state index is 6.14. The Morgan fingerprint density at radius 1 is 1.29 bits per heavy atom. The molecule has 1 saturated heterocycles. The fraction of sp³-hybridized carbons (Fsp3) is 0.600. The summed E-state index contributed by atoms with van der Waals surface area (Å²) < 4.78 is 6.14. The predicted molar refractivity (Wildman–Crippen MR) is 82.5 cm³/mol.